The summed E-state index contributed by atoms with van der Waals surface area (Å²) in [6.07, 6.45) is 1.40. The number of rotatable bonds is 5. The molecule has 0 aliphatic heterocycles. The first-order valence-electron chi connectivity index (χ1n) is 5.25. The van der Waals surface area contributed by atoms with E-state index in [-0.39, 0.29) is 6.61 Å². The van der Waals surface area contributed by atoms with Gasteiger partial charge in [0, 0.05) is 22.2 Å². The van der Waals surface area contributed by atoms with Crippen molar-refractivity contribution >= 4 is 15.9 Å². The summed E-state index contributed by atoms with van der Waals surface area (Å²) in [4.78, 5) is 0. The maximum atomic E-state index is 8.86. The van der Waals surface area contributed by atoms with Crippen molar-refractivity contribution < 1.29 is 9.84 Å². The summed E-state index contributed by atoms with van der Waals surface area (Å²) < 4.78 is 6.28. The van der Waals surface area contributed by atoms with Crippen LogP contribution in [0, 0.1) is 0 Å². The minimum Gasteiger partial charge on any atom is -0.496 e. The first-order chi connectivity index (χ1) is 7.51. The Morgan fingerprint density at radius 3 is 2.75 bits per heavy atom. The van der Waals surface area contributed by atoms with Crippen molar-refractivity contribution in [3.8, 4) is 5.75 Å². The number of aliphatic hydroxyl groups is 1. The van der Waals surface area contributed by atoms with Gasteiger partial charge in [0.15, 0.2) is 0 Å². The van der Waals surface area contributed by atoms with Gasteiger partial charge in [-0.2, -0.15) is 0 Å². The van der Waals surface area contributed by atoms with E-state index < -0.39 is 5.54 Å². The third kappa shape index (κ3) is 3.20. The average Bonchev–Trinajstić information content (AvgIpc) is 2.26. The highest BCUT2D eigenvalue weighted by Crippen LogP contribution is 2.33. The van der Waals surface area contributed by atoms with Crippen molar-refractivity contribution in [2.75, 3.05) is 13.7 Å². The van der Waals surface area contributed by atoms with E-state index >= 15 is 0 Å². The molecule has 0 bridgehead atoms. The molecule has 0 radical (unpaired) electrons. The second-order valence-electron chi connectivity index (χ2n) is 4.09. The maximum absolute atomic E-state index is 8.86. The molecule has 3 N–H and O–H groups in total. The van der Waals surface area contributed by atoms with Crippen LogP contribution in [0.1, 0.15) is 25.3 Å². The molecule has 3 nitrogen and oxygen atoms in total. The Morgan fingerprint density at radius 2 is 2.19 bits per heavy atom. The highest BCUT2D eigenvalue weighted by molar-refractivity contribution is 9.10. The molecule has 0 fully saturated rings. The molecule has 1 unspecified atom stereocenters. The Kier molecular flexibility index (Phi) is 4.77. The van der Waals surface area contributed by atoms with Gasteiger partial charge in [0.1, 0.15) is 5.75 Å². The van der Waals surface area contributed by atoms with Crippen LogP contribution in [0.3, 0.4) is 0 Å². The van der Waals surface area contributed by atoms with Gasteiger partial charge >= 0.3 is 0 Å². The molecule has 90 valence electrons. The van der Waals surface area contributed by atoms with Gasteiger partial charge in [-0.1, -0.05) is 15.9 Å². The molecule has 16 heavy (non-hydrogen) atoms. The van der Waals surface area contributed by atoms with Gasteiger partial charge in [-0.15, -0.1) is 0 Å². The van der Waals surface area contributed by atoms with Crippen LogP contribution in [-0.4, -0.2) is 18.8 Å². The van der Waals surface area contributed by atoms with Crippen LogP contribution < -0.4 is 10.5 Å². The van der Waals surface area contributed by atoms with E-state index in [1.54, 1.807) is 7.11 Å². The number of benzene rings is 1. The molecule has 0 aliphatic carbocycles. The maximum Gasteiger partial charge on any atom is 0.123 e. The summed E-state index contributed by atoms with van der Waals surface area (Å²) in [5.41, 5.74) is 6.73. The van der Waals surface area contributed by atoms with E-state index in [0.29, 0.717) is 6.42 Å². The number of methoxy groups -OCH3 is 1. The number of aliphatic hydroxyl groups excluding tert-OH is 1. The fourth-order valence-corrected chi connectivity index (χ4v) is 2.07. The van der Waals surface area contributed by atoms with Crippen molar-refractivity contribution in [1.82, 2.24) is 0 Å². The summed E-state index contributed by atoms with van der Waals surface area (Å²) in [7, 11) is 1.63. The molecule has 1 aromatic rings. The third-order valence-corrected chi connectivity index (χ3v) is 3.12. The van der Waals surface area contributed by atoms with Gasteiger partial charge in [0.25, 0.3) is 0 Å². The summed E-state index contributed by atoms with van der Waals surface area (Å²) in [5, 5.41) is 8.86. The van der Waals surface area contributed by atoms with E-state index in [4.69, 9.17) is 15.6 Å². The van der Waals surface area contributed by atoms with Crippen LogP contribution in [-0.2, 0) is 5.54 Å². The standard InChI is InChI=1S/C12H18BrNO2/c1-12(14,6-3-7-15)10-8-9(13)4-5-11(10)16-2/h4-5,8,15H,3,6-7,14H2,1-2H3. The van der Waals surface area contributed by atoms with E-state index in [1.807, 2.05) is 25.1 Å². The quantitative estimate of drug-likeness (QED) is 0.874. The summed E-state index contributed by atoms with van der Waals surface area (Å²) >= 11 is 3.43. The molecule has 0 saturated heterocycles. The molecule has 0 amide bonds. The van der Waals surface area contributed by atoms with Crippen molar-refractivity contribution in [2.45, 2.75) is 25.3 Å². The molecular weight excluding hydrogens is 270 g/mol. The second kappa shape index (κ2) is 5.66. The lowest BCUT2D eigenvalue weighted by Crippen LogP contribution is -2.33. The zero-order valence-electron chi connectivity index (χ0n) is 9.66. The molecule has 1 aromatic carbocycles. The van der Waals surface area contributed by atoms with Crippen molar-refractivity contribution in [1.29, 1.82) is 0 Å². The Morgan fingerprint density at radius 1 is 1.50 bits per heavy atom. The molecule has 1 atom stereocenters. The molecular formula is C12H18BrNO2. The van der Waals surface area contributed by atoms with E-state index in [9.17, 15) is 0 Å². The predicted octanol–water partition coefficient (Wildman–Crippen LogP) is 2.40. The molecule has 0 aliphatic rings. The minimum atomic E-state index is -0.488. The topological polar surface area (TPSA) is 55.5 Å². The number of hydrogen-bond donors (Lipinski definition) is 2. The normalized spacial score (nSPS) is 14.6. The van der Waals surface area contributed by atoms with E-state index in [0.717, 1.165) is 22.2 Å². The number of hydrogen-bond acceptors (Lipinski definition) is 3. The lowest BCUT2D eigenvalue weighted by Gasteiger charge is -2.27. The molecule has 1 rings (SSSR count). The molecule has 4 heteroatoms. The summed E-state index contributed by atoms with van der Waals surface area (Å²) in [6, 6.07) is 5.78. The minimum absolute atomic E-state index is 0.156. The van der Waals surface area contributed by atoms with E-state index in [1.165, 1.54) is 0 Å². The summed E-state index contributed by atoms with van der Waals surface area (Å²) in [6.45, 7) is 2.11. The van der Waals surface area contributed by atoms with Gasteiger partial charge in [0.2, 0.25) is 0 Å². The molecule has 0 heterocycles. The number of ether oxygens (including phenoxy) is 1. The van der Waals surface area contributed by atoms with Crippen molar-refractivity contribution in [3.63, 3.8) is 0 Å². The smallest absolute Gasteiger partial charge is 0.123 e. The zero-order valence-corrected chi connectivity index (χ0v) is 11.3. The third-order valence-electron chi connectivity index (χ3n) is 2.63. The molecule has 0 saturated carbocycles. The Bertz CT molecular complexity index is 353. The Hall–Kier alpha value is -0.580. The van der Waals surface area contributed by atoms with Crippen LogP contribution in [0.25, 0.3) is 0 Å². The van der Waals surface area contributed by atoms with Gasteiger partial charge < -0.3 is 15.6 Å². The van der Waals surface area contributed by atoms with Crippen LogP contribution in [0.5, 0.6) is 5.75 Å². The van der Waals surface area contributed by atoms with Crippen molar-refractivity contribution in [3.05, 3.63) is 28.2 Å². The SMILES string of the molecule is COc1ccc(Br)cc1C(C)(N)CCCO. The molecule has 0 spiro atoms. The Balaban J connectivity index is 3.04. The zero-order chi connectivity index (χ0) is 12.2. The van der Waals surface area contributed by atoms with Crippen LogP contribution in [0.2, 0.25) is 0 Å². The number of nitrogens with two attached hydrogens (primary N) is 1. The van der Waals surface area contributed by atoms with Crippen molar-refractivity contribution in [2.24, 2.45) is 5.73 Å². The molecule has 0 aromatic heterocycles. The van der Waals surface area contributed by atoms with Crippen LogP contribution in [0.15, 0.2) is 22.7 Å². The first kappa shape index (κ1) is 13.5. The lowest BCUT2D eigenvalue weighted by molar-refractivity contribution is 0.263. The van der Waals surface area contributed by atoms with E-state index in [2.05, 4.69) is 15.9 Å². The predicted molar refractivity (Wildman–Crippen MR) is 68.6 cm³/mol. The van der Waals surface area contributed by atoms with Crippen LogP contribution in [0.4, 0.5) is 0 Å². The number of halogens is 1. The van der Waals surface area contributed by atoms with Gasteiger partial charge in [-0.3, -0.25) is 0 Å². The highest BCUT2D eigenvalue weighted by atomic mass is 79.9. The van der Waals surface area contributed by atoms with Crippen LogP contribution >= 0.6 is 15.9 Å². The Labute approximate surface area is 105 Å². The van der Waals surface area contributed by atoms with Gasteiger partial charge in [0.05, 0.1) is 7.11 Å². The largest absolute Gasteiger partial charge is 0.496 e. The first-order valence-corrected chi connectivity index (χ1v) is 6.04. The van der Waals surface area contributed by atoms with Gasteiger partial charge in [-0.05, 0) is 38.0 Å². The lowest BCUT2D eigenvalue weighted by atomic mass is 9.88. The fraction of sp³-hybridized carbons (Fsp3) is 0.500. The highest BCUT2D eigenvalue weighted by Gasteiger charge is 2.24. The second-order valence-corrected chi connectivity index (χ2v) is 5.00. The van der Waals surface area contributed by atoms with Gasteiger partial charge in [-0.25, -0.2) is 0 Å². The average molecular weight is 288 g/mol. The monoisotopic (exact) mass is 287 g/mol. The fourth-order valence-electron chi connectivity index (χ4n) is 1.71. The summed E-state index contributed by atoms with van der Waals surface area (Å²) in [5.74, 6) is 0.783.